The molecule has 0 aromatic heterocycles. The molecule has 1 saturated heterocycles. The van der Waals surface area contributed by atoms with Crippen molar-refractivity contribution in [3.8, 4) is 5.75 Å². The van der Waals surface area contributed by atoms with Crippen LogP contribution in [0.2, 0.25) is 5.02 Å². The van der Waals surface area contributed by atoms with Crippen LogP contribution in [-0.4, -0.2) is 66.6 Å². The summed E-state index contributed by atoms with van der Waals surface area (Å²) in [5.41, 5.74) is 0.993. The Morgan fingerprint density at radius 3 is 2.70 bits per heavy atom. The van der Waals surface area contributed by atoms with Crippen molar-refractivity contribution < 1.29 is 17.9 Å². The maximum absolute atomic E-state index is 12.1. The molecule has 0 spiro atoms. The Balaban J connectivity index is 0.00000450. The van der Waals surface area contributed by atoms with Gasteiger partial charge in [-0.1, -0.05) is 17.7 Å². The molecule has 1 heterocycles. The number of sulfonamides is 1. The third-order valence-electron chi connectivity index (χ3n) is 4.64. The number of hydrogen-bond donors (Lipinski definition) is 3. The lowest BCUT2D eigenvalue weighted by molar-refractivity contribution is 0.0200. The smallest absolute Gasteiger partial charge is 0.213 e. The highest BCUT2D eigenvalue weighted by atomic mass is 127. The van der Waals surface area contributed by atoms with Crippen LogP contribution in [0.4, 0.5) is 0 Å². The van der Waals surface area contributed by atoms with Crippen molar-refractivity contribution in [1.82, 2.24) is 15.4 Å². The van der Waals surface area contributed by atoms with Crippen LogP contribution in [0.5, 0.6) is 5.75 Å². The van der Waals surface area contributed by atoms with E-state index in [2.05, 4.69) is 20.3 Å². The lowest BCUT2D eigenvalue weighted by Gasteiger charge is -2.22. The Morgan fingerprint density at radius 1 is 1.30 bits per heavy atom. The third-order valence-corrected chi connectivity index (χ3v) is 6.34. The van der Waals surface area contributed by atoms with Crippen molar-refractivity contribution in [3.05, 3.63) is 28.8 Å². The standard InChI is InChI=1S/C19H31ClN4O4S.HI/c1-21-19(22-9-8-15-6-7-16(27-2)13-18(15)20)23-10-12-29(25,26)24-14-17-5-3-4-11-28-17;/h6-7,13,17,24H,3-5,8-12,14H2,1-2H3,(H2,21,22,23);1H. The van der Waals surface area contributed by atoms with Crippen molar-refractivity contribution in [1.29, 1.82) is 0 Å². The maximum atomic E-state index is 12.1. The van der Waals surface area contributed by atoms with Gasteiger partial charge in [-0.15, -0.1) is 24.0 Å². The van der Waals surface area contributed by atoms with Crippen molar-refractivity contribution in [3.63, 3.8) is 0 Å². The highest BCUT2D eigenvalue weighted by Gasteiger charge is 2.17. The molecular formula is C19H32ClIN4O4S. The number of hydrogen-bond acceptors (Lipinski definition) is 5. The molecule has 3 N–H and O–H groups in total. The summed E-state index contributed by atoms with van der Waals surface area (Å²) in [5.74, 6) is 1.22. The predicted molar refractivity (Wildman–Crippen MR) is 132 cm³/mol. The molecule has 1 aromatic rings. The Hall–Kier alpha value is -0.820. The molecule has 8 nitrogen and oxygen atoms in total. The largest absolute Gasteiger partial charge is 0.497 e. The van der Waals surface area contributed by atoms with Crippen molar-refractivity contribution in [2.24, 2.45) is 4.99 Å². The summed E-state index contributed by atoms with van der Waals surface area (Å²) in [4.78, 5) is 4.11. The molecule has 172 valence electrons. The van der Waals surface area contributed by atoms with Gasteiger partial charge in [0.25, 0.3) is 0 Å². The van der Waals surface area contributed by atoms with Crippen molar-refractivity contribution >= 4 is 51.6 Å². The van der Waals surface area contributed by atoms with Crippen LogP contribution >= 0.6 is 35.6 Å². The second-order valence-electron chi connectivity index (χ2n) is 6.79. The molecular weight excluding hydrogens is 543 g/mol. The monoisotopic (exact) mass is 574 g/mol. The first-order valence-corrected chi connectivity index (χ1v) is 11.8. The summed E-state index contributed by atoms with van der Waals surface area (Å²) < 4.78 is 37.6. The average molecular weight is 575 g/mol. The van der Waals surface area contributed by atoms with Crippen LogP contribution in [0.1, 0.15) is 24.8 Å². The van der Waals surface area contributed by atoms with Crippen LogP contribution < -0.4 is 20.1 Å². The van der Waals surface area contributed by atoms with E-state index in [4.69, 9.17) is 21.1 Å². The molecule has 0 radical (unpaired) electrons. The van der Waals surface area contributed by atoms with Gasteiger partial charge < -0.3 is 20.1 Å². The van der Waals surface area contributed by atoms with Gasteiger partial charge in [0, 0.05) is 38.3 Å². The van der Waals surface area contributed by atoms with Crippen LogP contribution in [0.3, 0.4) is 0 Å². The predicted octanol–water partition coefficient (Wildman–Crippen LogP) is 2.16. The fourth-order valence-corrected chi connectivity index (χ4v) is 4.18. The van der Waals surface area contributed by atoms with Crippen LogP contribution in [0.25, 0.3) is 0 Å². The Labute approximate surface area is 201 Å². The van der Waals surface area contributed by atoms with E-state index in [1.807, 2.05) is 12.1 Å². The molecule has 11 heteroatoms. The Bertz CT molecular complexity index is 774. The quantitative estimate of drug-likeness (QED) is 0.225. The highest BCUT2D eigenvalue weighted by Crippen LogP contribution is 2.22. The number of aliphatic imine (C=N–C) groups is 1. The van der Waals surface area contributed by atoms with Gasteiger partial charge in [-0.3, -0.25) is 4.99 Å². The number of nitrogens with one attached hydrogen (secondary N) is 3. The first-order valence-electron chi connectivity index (χ1n) is 9.79. The summed E-state index contributed by atoms with van der Waals surface area (Å²) in [7, 11) is -0.124. The number of rotatable bonds is 10. The van der Waals surface area contributed by atoms with Gasteiger partial charge in [0.05, 0.1) is 19.0 Å². The summed E-state index contributed by atoms with van der Waals surface area (Å²) >= 11 is 6.24. The maximum Gasteiger partial charge on any atom is 0.213 e. The highest BCUT2D eigenvalue weighted by molar-refractivity contribution is 14.0. The number of benzene rings is 1. The SMILES string of the molecule is CN=C(NCCc1ccc(OC)cc1Cl)NCCS(=O)(=O)NCC1CCCCO1.I. The van der Waals surface area contributed by atoms with E-state index >= 15 is 0 Å². The van der Waals surface area contributed by atoms with Gasteiger partial charge in [-0.2, -0.15) is 0 Å². The molecule has 1 fully saturated rings. The van der Waals surface area contributed by atoms with E-state index < -0.39 is 10.0 Å². The normalized spacial score (nSPS) is 17.2. The van der Waals surface area contributed by atoms with Gasteiger partial charge in [-0.25, -0.2) is 13.1 Å². The van der Waals surface area contributed by atoms with E-state index in [0.717, 1.165) is 24.8 Å². The van der Waals surface area contributed by atoms with Crippen molar-refractivity contribution in [2.75, 3.05) is 46.2 Å². The first-order chi connectivity index (χ1) is 13.9. The lowest BCUT2D eigenvalue weighted by atomic mass is 10.1. The number of ether oxygens (including phenoxy) is 2. The minimum absolute atomic E-state index is 0. The number of halogens is 2. The van der Waals surface area contributed by atoms with Gasteiger partial charge in [0.15, 0.2) is 5.96 Å². The van der Waals surface area contributed by atoms with Crippen molar-refractivity contribution in [2.45, 2.75) is 31.8 Å². The zero-order chi connectivity index (χ0) is 21.1. The average Bonchev–Trinajstić information content (AvgIpc) is 2.73. The molecule has 0 aliphatic carbocycles. The van der Waals surface area contributed by atoms with Gasteiger partial charge >= 0.3 is 0 Å². The molecule has 1 aliphatic rings. The molecule has 2 rings (SSSR count). The first kappa shape index (κ1) is 27.2. The van der Waals surface area contributed by atoms with E-state index in [0.29, 0.717) is 42.8 Å². The number of nitrogens with zero attached hydrogens (tertiary/aromatic N) is 1. The molecule has 30 heavy (non-hydrogen) atoms. The molecule has 0 amide bonds. The zero-order valence-corrected chi connectivity index (χ0v) is 21.4. The summed E-state index contributed by atoms with van der Waals surface area (Å²) in [6, 6.07) is 5.57. The zero-order valence-electron chi connectivity index (χ0n) is 17.4. The third kappa shape index (κ3) is 9.99. The second-order valence-corrected chi connectivity index (χ2v) is 9.12. The Kier molecular flexibility index (Phi) is 13.0. The number of methoxy groups -OCH3 is 1. The molecule has 1 unspecified atom stereocenters. The topological polar surface area (TPSA) is 101 Å². The van der Waals surface area contributed by atoms with Gasteiger partial charge in [0.1, 0.15) is 5.75 Å². The van der Waals surface area contributed by atoms with Gasteiger partial charge in [-0.05, 0) is 43.4 Å². The molecule has 0 bridgehead atoms. The van der Waals surface area contributed by atoms with Crippen LogP contribution in [0, 0.1) is 0 Å². The van der Waals surface area contributed by atoms with E-state index in [-0.39, 0.29) is 42.4 Å². The minimum atomic E-state index is -3.37. The number of guanidine groups is 1. The van der Waals surface area contributed by atoms with E-state index in [1.165, 1.54) is 0 Å². The summed E-state index contributed by atoms with van der Waals surface area (Å²) in [5, 5.41) is 6.82. The minimum Gasteiger partial charge on any atom is -0.497 e. The molecule has 1 aliphatic heterocycles. The molecule has 1 aromatic carbocycles. The molecule has 0 saturated carbocycles. The fraction of sp³-hybridized carbons (Fsp3) is 0.632. The van der Waals surface area contributed by atoms with Gasteiger partial charge in [0.2, 0.25) is 10.0 Å². The van der Waals surface area contributed by atoms with Crippen LogP contribution in [0.15, 0.2) is 23.2 Å². The second kappa shape index (κ2) is 14.3. The molecule has 1 atom stereocenters. The fourth-order valence-electron chi connectivity index (χ4n) is 2.96. The van der Waals surface area contributed by atoms with Crippen LogP contribution in [-0.2, 0) is 21.2 Å². The lowest BCUT2D eigenvalue weighted by Crippen LogP contribution is -2.43. The van der Waals surface area contributed by atoms with E-state index in [9.17, 15) is 8.42 Å². The summed E-state index contributed by atoms with van der Waals surface area (Å²) in [6.07, 6.45) is 3.70. The van der Waals surface area contributed by atoms with E-state index in [1.54, 1.807) is 20.2 Å². The summed E-state index contributed by atoms with van der Waals surface area (Å²) in [6.45, 7) is 1.90. The Morgan fingerprint density at radius 2 is 2.07 bits per heavy atom.